The lowest BCUT2D eigenvalue weighted by Crippen LogP contribution is -2.41. The van der Waals surface area contributed by atoms with Gasteiger partial charge in [0, 0.05) is 19.6 Å². The average Bonchev–Trinajstić information content (AvgIpc) is 2.27. The van der Waals surface area contributed by atoms with E-state index in [0.717, 1.165) is 12.8 Å². The van der Waals surface area contributed by atoms with Crippen LogP contribution >= 0.6 is 0 Å². The molecule has 1 heterocycles. The van der Waals surface area contributed by atoms with Gasteiger partial charge in [0.25, 0.3) is 0 Å². The molecule has 1 amide bonds. The Kier molecular flexibility index (Phi) is 5.25. The van der Waals surface area contributed by atoms with Crippen LogP contribution in [0.25, 0.3) is 0 Å². The fourth-order valence-corrected chi connectivity index (χ4v) is 1.80. The molecule has 0 saturated carbocycles. The molecule has 1 aliphatic heterocycles. The van der Waals surface area contributed by atoms with E-state index in [1.54, 1.807) is 6.92 Å². The third-order valence-electron chi connectivity index (χ3n) is 2.86. The first-order chi connectivity index (χ1) is 7.63. The molecule has 5 heteroatoms. The summed E-state index contributed by atoms with van der Waals surface area (Å²) >= 11 is 0. The van der Waals surface area contributed by atoms with E-state index in [1.807, 2.05) is 0 Å². The molecule has 16 heavy (non-hydrogen) atoms. The summed E-state index contributed by atoms with van der Waals surface area (Å²) in [5, 5.41) is 11.3. The lowest BCUT2D eigenvalue weighted by molar-refractivity contribution is -0.142. The monoisotopic (exact) mass is 229 g/mol. The van der Waals surface area contributed by atoms with Crippen LogP contribution in [0.3, 0.4) is 0 Å². The van der Waals surface area contributed by atoms with Crippen molar-refractivity contribution < 1.29 is 19.4 Å². The maximum atomic E-state index is 11.6. The number of hydrogen-bond donors (Lipinski definition) is 2. The van der Waals surface area contributed by atoms with E-state index < -0.39 is 12.0 Å². The summed E-state index contributed by atoms with van der Waals surface area (Å²) in [4.78, 5) is 22.3. The summed E-state index contributed by atoms with van der Waals surface area (Å²) in [6.07, 6.45) is 2.59. The van der Waals surface area contributed by atoms with E-state index in [-0.39, 0.29) is 5.91 Å². The summed E-state index contributed by atoms with van der Waals surface area (Å²) in [7, 11) is 0. The van der Waals surface area contributed by atoms with Crippen molar-refractivity contribution in [3.05, 3.63) is 0 Å². The Bertz CT molecular complexity index is 248. The average molecular weight is 229 g/mol. The molecule has 5 nitrogen and oxygen atoms in total. The number of amides is 1. The molecule has 0 aliphatic carbocycles. The summed E-state index contributed by atoms with van der Waals surface area (Å²) in [5.74, 6) is -0.802. The minimum absolute atomic E-state index is 0.166. The molecule has 1 fully saturated rings. The first-order valence-corrected chi connectivity index (χ1v) is 5.73. The van der Waals surface area contributed by atoms with Gasteiger partial charge in [-0.1, -0.05) is 6.92 Å². The van der Waals surface area contributed by atoms with Crippen LogP contribution < -0.4 is 5.32 Å². The summed E-state index contributed by atoms with van der Waals surface area (Å²) in [5.41, 5.74) is 0. The minimum Gasteiger partial charge on any atom is -0.480 e. The number of carboxylic acid groups (broad SMARTS) is 1. The highest BCUT2D eigenvalue weighted by Crippen LogP contribution is 2.18. The van der Waals surface area contributed by atoms with Gasteiger partial charge in [-0.15, -0.1) is 0 Å². The summed E-state index contributed by atoms with van der Waals surface area (Å²) < 4.78 is 5.20. The van der Waals surface area contributed by atoms with Crippen LogP contribution in [-0.2, 0) is 14.3 Å². The van der Waals surface area contributed by atoms with Crippen LogP contribution in [0.4, 0.5) is 0 Å². The van der Waals surface area contributed by atoms with Crippen molar-refractivity contribution in [1.29, 1.82) is 0 Å². The zero-order valence-electron chi connectivity index (χ0n) is 9.57. The largest absolute Gasteiger partial charge is 0.480 e. The molecule has 0 bridgehead atoms. The van der Waals surface area contributed by atoms with Gasteiger partial charge in [-0.2, -0.15) is 0 Å². The van der Waals surface area contributed by atoms with Gasteiger partial charge in [0.1, 0.15) is 6.04 Å². The number of carboxylic acids is 1. The Balaban J connectivity index is 2.31. The van der Waals surface area contributed by atoms with E-state index in [4.69, 9.17) is 9.84 Å². The zero-order chi connectivity index (χ0) is 12.0. The standard InChI is InChI=1S/C11H19NO4/c1-2-9(11(14)15)12-10(13)7-8-3-5-16-6-4-8/h8-9H,2-7H2,1H3,(H,12,13)(H,14,15). The SMILES string of the molecule is CCC(NC(=O)CC1CCOCC1)C(=O)O. The second kappa shape index (κ2) is 6.48. The van der Waals surface area contributed by atoms with Gasteiger partial charge in [-0.25, -0.2) is 4.79 Å². The number of aliphatic carboxylic acids is 1. The first kappa shape index (κ1) is 13.0. The van der Waals surface area contributed by atoms with Crippen molar-refractivity contribution in [2.24, 2.45) is 5.92 Å². The van der Waals surface area contributed by atoms with E-state index in [0.29, 0.717) is 32.0 Å². The molecule has 1 aliphatic rings. The molecular formula is C11H19NO4. The van der Waals surface area contributed by atoms with Gasteiger partial charge in [0.15, 0.2) is 0 Å². The maximum absolute atomic E-state index is 11.6. The van der Waals surface area contributed by atoms with Gasteiger partial charge < -0.3 is 15.2 Å². The van der Waals surface area contributed by atoms with Gasteiger partial charge in [-0.3, -0.25) is 4.79 Å². The molecular weight excluding hydrogens is 210 g/mol. The molecule has 2 N–H and O–H groups in total. The Morgan fingerprint density at radius 1 is 1.44 bits per heavy atom. The normalized spacial score (nSPS) is 19.1. The summed E-state index contributed by atoms with van der Waals surface area (Å²) in [6, 6.07) is -0.757. The third-order valence-corrected chi connectivity index (χ3v) is 2.86. The fourth-order valence-electron chi connectivity index (χ4n) is 1.80. The quantitative estimate of drug-likeness (QED) is 0.730. The van der Waals surface area contributed by atoms with E-state index in [9.17, 15) is 9.59 Å². The second-order valence-electron chi connectivity index (χ2n) is 4.13. The van der Waals surface area contributed by atoms with Crippen molar-refractivity contribution in [2.45, 2.75) is 38.6 Å². The highest BCUT2D eigenvalue weighted by Gasteiger charge is 2.21. The number of rotatable bonds is 5. The molecule has 1 saturated heterocycles. The van der Waals surface area contributed by atoms with E-state index >= 15 is 0 Å². The second-order valence-corrected chi connectivity index (χ2v) is 4.13. The van der Waals surface area contributed by atoms with Crippen LogP contribution in [0.2, 0.25) is 0 Å². The molecule has 0 aromatic carbocycles. The molecule has 0 aromatic rings. The number of hydrogen-bond acceptors (Lipinski definition) is 3. The lowest BCUT2D eigenvalue weighted by Gasteiger charge is -2.22. The van der Waals surface area contributed by atoms with E-state index in [2.05, 4.69) is 5.32 Å². The molecule has 0 spiro atoms. The smallest absolute Gasteiger partial charge is 0.326 e. The molecule has 1 rings (SSSR count). The summed E-state index contributed by atoms with van der Waals surface area (Å²) in [6.45, 7) is 3.15. The van der Waals surface area contributed by atoms with E-state index in [1.165, 1.54) is 0 Å². The number of ether oxygens (including phenoxy) is 1. The first-order valence-electron chi connectivity index (χ1n) is 5.73. The minimum atomic E-state index is -0.970. The van der Waals surface area contributed by atoms with Crippen molar-refractivity contribution in [3.8, 4) is 0 Å². The number of carbonyl (C=O) groups excluding carboxylic acids is 1. The highest BCUT2D eigenvalue weighted by atomic mass is 16.5. The van der Waals surface area contributed by atoms with Gasteiger partial charge in [0.05, 0.1) is 0 Å². The van der Waals surface area contributed by atoms with Crippen molar-refractivity contribution in [1.82, 2.24) is 5.32 Å². The van der Waals surface area contributed by atoms with Crippen LogP contribution in [0.5, 0.6) is 0 Å². The van der Waals surface area contributed by atoms with Gasteiger partial charge >= 0.3 is 5.97 Å². The lowest BCUT2D eigenvalue weighted by atomic mass is 9.96. The topological polar surface area (TPSA) is 75.6 Å². The Labute approximate surface area is 95.2 Å². The van der Waals surface area contributed by atoms with Crippen LogP contribution in [0.15, 0.2) is 0 Å². The molecule has 0 aromatic heterocycles. The predicted octanol–water partition coefficient (Wildman–Crippen LogP) is 0.782. The molecule has 0 radical (unpaired) electrons. The maximum Gasteiger partial charge on any atom is 0.326 e. The van der Waals surface area contributed by atoms with Gasteiger partial charge in [0.2, 0.25) is 5.91 Å². The van der Waals surface area contributed by atoms with Gasteiger partial charge in [-0.05, 0) is 25.2 Å². The predicted molar refractivity (Wildman–Crippen MR) is 58.0 cm³/mol. The van der Waals surface area contributed by atoms with Crippen LogP contribution in [-0.4, -0.2) is 36.2 Å². The highest BCUT2D eigenvalue weighted by molar-refractivity contribution is 5.83. The van der Waals surface area contributed by atoms with Crippen LogP contribution in [0, 0.1) is 5.92 Å². The fraction of sp³-hybridized carbons (Fsp3) is 0.818. The Morgan fingerprint density at radius 3 is 2.56 bits per heavy atom. The van der Waals surface area contributed by atoms with Crippen molar-refractivity contribution >= 4 is 11.9 Å². The van der Waals surface area contributed by atoms with Crippen molar-refractivity contribution in [2.75, 3.05) is 13.2 Å². The molecule has 1 atom stereocenters. The van der Waals surface area contributed by atoms with Crippen molar-refractivity contribution in [3.63, 3.8) is 0 Å². The third kappa shape index (κ3) is 4.18. The molecule has 1 unspecified atom stereocenters. The Hall–Kier alpha value is -1.10. The zero-order valence-corrected chi connectivity index (χ0v) is 9.57. The number of carbonyl (C=O) groups is 2. The molecule has 92 valence electrons. The number of nitrogens with one attached hydrogen (secondary N) is 1. The van der Waals surface area contributed by atoms with Crippen LogP contribution in [0.1, 0.15) is 32.6 Å². The Morgan fingerprint density at radius 2 is 2.06 bits per heavy atom.